The van der Waals surface area contributed by atoms with Crippen LogP contribution in [0.4, 0.5) is 0 Å². The van der Waals surface area contributed by atoms with E-state index in [9.17, 15) is 4.79 Å². The van der Waals surface area contributed by atoms with Crippen LogP contribution in [0.5, 0.6) is 5.75 Å². The highest BCUT2D eigenvalue weighted by atomic mass is 35.5. The molecule has 82 valence electrons. The molecule has 0 aliphatic carbocycles. The summed E-state index contributed by atoms with van der Waals surface area (Å²) in [4.78, 5) is 11.5. The zero-order valence-electron chi connectivity index (χ0n) is 7.89. The number of aromatic hydroxyl groups is 1. The van der Waals surface area contributed by atoms with Gasteiger partial charge in [-0.1, -0.05) is 23.2 Å². The summed E-state index contributed by atoms with van der Waals surface area (Å²) >= 11 is 11.7. The van der Waals surface area contributed by atoms with Gasteiger partial charge in [-0.2, -0.15) is 9.78 Å². The van der Waals surface area contributed by atoms with Gasteiger partial charge in [0.2, 0.25) is 0 Å². The molecule has 0 unspecified atom stereocenters. The maximum Gasteiger partial charge on any atom is 0.275 e. The molecule has 0 spiro atoms. The van der Waals surface area contributed by atoms with Gasteiger partial charge >= 0.3 is 0 Å². The van der Waals surface area contributed by atoms with Crippen LogP contribution in [0.2, 0.25) is 10.0 Å². The lowest BCUT2D eigenvalue weighted by atomic mass is 10.3. The van der Waals surface area contributed by atoms with Crippen molar-refractivity contribution in [3.05, 3.63) is 50.9 Å². The van der Waals surface area contributed by atoms with Gasteiger partial charge in [-0.15, -0.1) is 0 Å². The fraction of sp³-hybridized carbons (Fsp3) is 0. The van der Waals surface area contributed by atoms with Crippen LogP contribution in [0, 0.1) is 0 Å². The maximum atomic E-state index is 11.5. The van der Waals surface area contributed by atoms with Gasteiger partial charge in [0.05, 0.1) is 16.9 Å². The molecule has 2 aromatic rings. The minimum absolute atomic E-state index is 0.195. The molecule has 1 aromatic carbocycles. The quantitative estimate of drug-likeness (QED) is 0.852. The van der Waals surface area contributed by atoms with Crippen LogP contribution in [-0.4, -0.2) is 14.9 Å². The van der Waals surface area contributed by atoms with Crippen molar-refractivity contribution in [2.75, 3.05) is 0 Å². The summed E-state index contributed by atoms with van der Waals surface area (Å²) in [6.45, 7) is 0. The van der Waals surface area contributed by atoms with Gasteiger partial charge in [-0.3, -0.25) is 4.79 Å². The van der Waals surface area contributed by atoms with E-state index in [4.69, 9.17) is 28.3 Å². The van der Waals surface area contributed by atoms with E-state index in [1.807, 2.05) is 0 Å². The minimum Gasteiger partial charge on any atom is -0.506 e. The molecule has 0 radical (unpaired) electrons. The Morgan fingerprint density at radius 2 is 2.00 bits per heavy atom. The van der Waals surface area contributed by atoms with E-state index >= 15 is 0 Å². The highest BCUT2D eigenvalue weighted by Gasteiger charge is 2.07. The zero-order chi connectivity index (χ0) is 11.7. The molecule has 0 fully saturated rings. The maximum absolute atomic E-state index is 11.5. The van der Waals surface area contributed by atoms with Crippen LogP contribution in [-0.2, 0) is 0 Å². The number of halogens is 2. The van der Waals surface area contributed by atoms with Gasteiger partial charge in [-0.25, -0.2) is 0 Å². The molecular weight excluding hydrogens is 251 g/mol. The van der Waals surface area contributed by atoms with Gasteiger partial charge in [0.15, 0.2) is 0 Å². The van der Waals surface area contributed by atoms with E-state index in [0.717, 1.165) is 16.9 Å². The Hall–Kier alpha value is -1.52. The van der Waals surface area contributed by atoms with E-state index in [1.54, 1.807) is 12.1 Å². The topological polar surface area (TPSA) is 55.1 Å². The van der Waals surface area contributed by atoms with Crippen molar-refractivity contribution in [2.45, 2.75) is 0 Å². The summed E-state index contributed by atoms with van der Waals surface area (Å²) in [5.74, 6) is -0.195. The first kappa shape index (κ1) is 11.0. The lowest BCUT2D eigenvalue weighted by Gasteiger charge is -2.06. The van der Waals surface area contributed by atoms with Gasteiger partial charge in [-0.05, 0) is 18.2 Å². The van der Waals surface area contributed by atoms with Crippen molar-refractivity contribution in [1.82, 2.24) is 9.78 Å². The van der Waals surface area contributed by atoms with Crippen LogP contribution < -0.4 is 5.56 Å². The molecule has 6 heteroatoms. The molecular formula is C10H6Cl2N2O2. The number of nitrogens with zero attached hydrogens (tertiary/aromatic N) is 2. The number of benzene rings is 1. The number of aromatic nitrogens is 2. The summed E-state index contributed by atoms with van der Waals surface area (Å²) in [5, 5.41) is 13.6. The molecule has 0 atom stereocenters. The standard InChI is InChI=1S/C10H6Cl2N2O2/c11-6-1-2-8(12)9(3-6)14-10(16)4-7(15)5-13-14/h1-5,15H. The Bertz CT molecular complexity index is 596. The second-order valence-corrected chi connectivity index (χ2v) is 3.90. The number of hydrogen-bond acceptors (Lipinski definition) is 3. The summed E-state index contributed by atoms with van der Waals surface area (Å²) < 4.78 is 1.06. The predicted molar refractivity (Wildman–Crippen MR) is 61.5 cm³/mol. The molecule has 16 heavy (non-hydrogen) atoms. The van der Waals surface area contributed by atoms with E-state index in [0.29, 0.717) is 15.7 Å². The molecule has 4 nitrogen and oxygen atoms in total. The molecule has 1 aromatic heterocycles. The minimum atomic E-state index is -0.482. The van der Waals surface area contributed by atoms with Crippen LogP contribution in [0.25, 0.3) is 5.69 Å². The van der Waals surface area contributed by atoms with Gasteiger partial charge in [0.25, 0.3) is 5.56 Å². The summed E-state index contributed by atoms with van der Waals surface area (Å²) in [6, 6.07) is 5.75. The predicted octanol–water partition coefficient (Wildman–Crippen LogP) is 2.24. The van der Waals surface area contributed by atoms with Gasteiger partial charge < -0.3 is 5.11 Å². The zero-order valence-corrected chi connectivity index (χ0v) is 9.40. The third kappa shape index (κ3) is 2.03. The Kier molecular flexibility index (Phi) is 2.85. The van der Waals surface area contributed by atoms with Crippen LogP contribution in [0.1, 0.15) is 0 Å². The molecule has 0 saturated heterocycles. The number of hydrogen-bond donors (Lipinski definition) is 1. The normalized spacial score (nSPS) is 10.4. The molecule has 0 aliphatic heterocycles. The fourth-order valence-corrected chi connectivity index (χ4v) is 1.59. The third-order valence-electron chi connectivity index (χ3n) is 1.92. The van der Waals surface area contributed by atoms with Crippen molar-refractivity contribution in [2.24, 2.45) is 0 Å². The van der Waals surface area contributed by atoms with Crippen molar-refractivity contribution in [3.8, 4) is 11.4 Å². The first-order chi connectivity index (χ1) is 7.58. The number of rotatable bonds is 1. The van der Waals surface area contributed by atoms with E-state index in [1.165, 1.54) is 6.07 Å². The molecule has 2 rings (SSSR count). The van der Waals surface area contributed by atoms with Crippen LogP contribution in [0.15, 0.2) is 35.3 Å². The average molecular weight is 257 g/mol. The van der Waals surface area contributed by atoms with Gasteiger partial charge in [0, 0.05) is 11.1 Å². The Balaban J connectivity index is 2.67. The van der Waals surface area contributed by atoms with Crippen molar-refractivity contribution < 1.29 is 5.11 Å². The summed E-state index contributed by atoms with van der Waals surface area (Å²) in [6.07, 6.45) is 1.15. The lowest BCUT2D eigenvalue weighted by Crippen LogP contribution is -2.19. The van der Waals surface area contributed by atoms with Crippen LogP contribution in [0.3, 0.4) is 0 Å². The fourth-order valence-electron chi connectivity index (χ4n) is 1.23. The Morgan fingerprint density at radius 3 is 2.69 bits per heavy atom. The Morgan fingerprint density at radius 1 is 1.25 bits per heavy atom. The summed E-state index contributed by atoms with van der Waals surface area (Å²) in [5.41, 5.74) is -0.108. The second kappa shape index (κ2) is 4.15. The van der Waals surface area contributed by atoms with E-state index in [2.05, 4.69) is 5.10 Å². The van der Waals surface area contributed by atoms with Crippen molar-refractivity contribution in [1.29, 1.82) is 0 Å². The second-order valence-electron chi connectivity index (χ2n) is 3.06. The highest BCUT2D eigenvalue weighted by molar-refractivity contribution is 6.34. The molecule has 0 amide bonds. The first-order valence-electron chi connectivity index (χ1n) is 4.32. The van der Waals surface area contributed by atoms with Crippen molar-refractivity contribution >= 4 is 23.2 Å². The molecule has 0 bridgehead atoms. The van der Waals surface area contributed by atoms with Crippen LogP contribution >= 0.6 is 23.2 Å². The smallest absolute Gasteiger partial charge is 0.275 e. The SMILES string of the molecule is O=c1cc(O)cnn1-c1cc(Cl)ccc1Cl. The molecule has 1 heterocycles. The first-order valence-corrected chi connectivity index (χ1v) is 5.07. The average Bonchev–Trinajstić information content (AvgIpc) is 2.22. The van der Waals surface area contributed by atoms with Crippen molar-refractivity contribution in [3.63, 3.8) is 0 Å². The monoisotopic (exact) mass is 256 g/mol. The molecule has 0 saturated carbocycles. The summed E-state index contributed by atoms with van der Waals surface area (Å²) in [7, 11) is 0. The van der Waals surface area contributed by atoms with Gasteiger partial charge in [0.1, 0.15) is 5.75 Å². The Labute approximate surface area is 101 Å². The van der Waals surface area contributed by atoms with E-state index in [-0.39, 0.29) is 5.75 Å². The molecule has 0 aliphatic rings. The lowest BCUT2D eigenvalue weighted by molar-refractivity contribution is 0.467. The van der Waals surface area contributed by atoms with E-state index < -0.39 is 5.56 Å². The third-order valence-corrected chi connectivity index (χ3v) is 2.48. The molecule has 1 N–H and O–H groups in total. The highest BCUT2D eigenvalue weighted by Crippen LogP contribution is 2.22. The largest absolute Gasteiger partial charge is 0.506 e.